The highest BCUT2D eigenvalue weighted by Crippen LogP contribution is 2.34. The van der Waals surface area contributed by atoms with Crippen molar-refractivity contribution < 1.29 is 28.8 Å². The number of nitrogens with two attached hydrogens (primary N) is 1. The van der Waals surface area contributed by atoms with E-state index in [4.69, 9.17) is 10.5 Å². The Balaban J connectivity index is 1.29. The molecule has 1 saturated heterocycles. The second-order valence-corrected chi connectivity index (χ2v) is 11.7. The van der Waals surface area contributed by atoms with Crippen molar-refractivity contribution in [2.45, 2.75) is 63.7 Å². The third-order valence-electron chi connectivity index (χ3n) is 8.62. The average Bonchev–Trinajstić information content (AvgIpc) is 3.71. The first-order valence-corrected chi connectivity index (χ1v) is 14.8. The molecule has 0 radical (unpaired) electrons. The molecule has 1 heterocycles. The van der Waals surface area contributed by atoms with E-state index in [0.29, 0.717) is 30.4 Å². The number of nitrogens with one attached hydrogen (secondary N) is 1. The molecule has 10 heteroatoms. The molecule has 1 unspecified atom stereocenters. The van der Waals surface area contributed by atoms with Gasteiger partial charge in [-0.05, 0) is 60.8 Å². The summed E-state index contributed by atoms with van der Waals surface area (Å²) in [6.07, 6.45) is -0.220. The molecule has 2 aliphatic rings. The summed E-state index contributed by atoms with van der Waals surface area (Å²) >= 11 is 0. The summed E-state index contributed by atoms with van der Waals surface area (Å²) in [5, 5.41) is 14.3. The Morgan fingerprint density at radius 3 is 2.25 bits per heavy atom. The van der Waals surface area contributed by atoms with Gasteiger partial charge in [-0.3, -0.25) is 29.3 Å². The smallest absolute Gasteiger partial charge is 0.272 e. The van der Waals surface area contributed by atoms with Crippen LogP contribution in [0.3, 0.4) is 0 Å². The fraction of sp³-hybridized carbons (Fsp3) is 0.353. The molecule has 228 valence electrons. The molecule has 0 aromatic heterocycles. The maximum atomic E-state index is 13.8. The third-order valence-corrected chi connectivity index (χ3v) is 8.62. The van der Waals surface area contributed by atoms with Gasteiger partial charge in [-0.2, -0.15) is 0 Å². The van der Waals surface area contributed by atoms with Gasteiger partial charge in [0.15, 0.2) is 23.8 Å². The highest BCUT2D eigenvalue weighted by atomic mass is 16.6. The largest absolute Gasteiger partial charge is 0.369 e. The molecular weight excluding hydrogens is 562 g/mol. The average molecular weight is 598 g/mol. The number of fused-ring (bicyclic) bond motifs is 1. The van der Waals surface area contributed by atoms with Gasteiger partial charge in [0.1, 0.15) is 0 Å². The van der Waals surface area contributed by atoms with Crippen LogP contribution in [0.2, 0.25) is 0 Å². The lowest BCUT2D eigenvalue weighted by Crippen LogP contribution is -2.46. The number of epoxide rings is 1. The number of Topliss-reactive ketones (excluding diaryl/α,β-unsaturated/α-hetero) is 2. The Kier molecular flexibility index (Phi) is 9.29. The summed E-state index contributed by atoms with van der Waals surface area (Å²) < 4.78 is 5.43. The van der Waals surface area contributed by atoms with Crippen LogP contribution in [0.1, 0.15) is 40.7 Å². The number of nitro benzene ring substituents is 1. The third kappa shape index (κ3) is 7.26. The summed E-state index contributed by atoms with van der Waals surface area (Å²) in [5.41, 5.74) is 9.84. The van der Waals surface area contributed by atoms with E-state index in [1.165, 1.54) is 6.07 Å². The maximum absolute atomic E-state index is 13.8. The number of nitrogens with zero attached hydrogens (tertiary/aromatic N) is 1. The van der Waals surface area contributed by atoms with Crippen molar-refractivity contribution in [3.05, 3.63) is 111 Å². The zero-order valence-corrected chi connectivity index (χ0v) is 24.4. The number of ketones is 2. The first kappa shape index (κ1) is 30.7. The number of primary amides is 1. The van der Waals surface area contributed by atoms with Crippen LogP contribution in [-0.4, -0.2) is 46.6 Å². The molecule has 3 aromatic rings. The van der Waals surface area contributed by atoms with Gasteiger partial charge in [0, 0.05) is 30.4 Å². The monoisotopic (exact) mass is 597 g/mol. The summed E-state index contributed by atoms with van der Waals surface area (Å²) in [7, 11) is 0. The molecule has 44 heavy (non-hydrogen) atoms. The molecule has 4 atom stereocenters. The van der Waals surface area contributed by atoms with Crippen LogP contribution in [-0.2, 0) is 49.6 Å². The second kappa shape index (κ2) is 13.3. The summed E-state index contributed by atoms with van der Waals surface area (Å²) in [6.45, 7) is 1.61. The van der Waals surface area contributed by atoms with Gasteiger partial charge in [0.2, 0.25) is 5.91 Å². The quantitative estimate of drug-likeness (QED) is 0.164. The lowest BCUT2D eigenvalue weighted by Gasteiger charge is -2.23. The number of amides is 2. The number of carbonyl (C=O) groups excluding carboxylic acids is 4. The predicted molar refractivity (Wildman–Crippen MR) is 162 cm³/mol. The minimum atomic E-state index is -1.11. The molecule has 0 spiro atoms. The van der Waals surface area contributed by atoms with E-state index in [0.717, 1.165) is 16.7 Å². The van der Waals surface area contributed by atoms with E-state index < -0.39 is 46.7 Å². The molecule has 10 nitrogen and oxygen atoms in total. The summed E-state index contributed by atoms with van der Waals surface area (Å²) in [5.74, 6) is -2.77. The lowest BCUT2D eigenvalue weighted by atomic mass is 9.83. The second-order valence-electron chi connectivity index (χ2n) is 11.7. The Labute approximate surface area is 255 Å². The zero-order chi connectivity index (χ0) is 31.4. The Bertz CT molecular complexity index is 1560. The van der Waals surface area contributed by atoms with E-state index >= 15 is 0 Å². The number of rotatable bonds is 14. The van der Waals surface area contributed by atoms with Crippen LogP contribution in [0.25, 0.3) is 0 Å². The normalized spacial score (nSPS) is 18.6. The van der Waals surface area contributed by atoms with Crippen molar-refractivity contribution in [2.24, 2.45) is 17.6 Å². The molecule has 2 amide bonds. The number of benzene rings is 3. The van der Waals surface area contributed by atoms with Gasteiger partial charge < -0.3 is 15.8 Å². The van der Waals surface area contributed by atoms with Crippen molar-refractivity contribution >= 4 is 29.1 Å². The highest BCUT2D eigenvalue weighted by Gasteiger charge is 2.50. The minimum absolute atomic E-state index is 0.0403. The number of hydrogen-bond acceptors (Lipinski definition) is 7. The first-order valence-electron chi connectivity index (χ1n) is 14.8. The van der Waals surface area contributed by atoms with E-state index in [-0.39, 0.29) is 36.7 Å². The van der Waals surface area contributed by atoms with Gasteiger partial charge in [-0.15, -0.1) is 0 Å². The van der Waals surface area contributed by atoms with Crippen molar-refractivity contribution in [1.29, 1.82) is 0 Å². The molecule has 5 rings (SSSR count). The summed E-state index contributed by atoms with van der Waals surface area (Å²) in [4.78, 5) is 63.3. The minimum Gasteiger partial charge on any atom is -0.369 e. The van der Waals surface area contributed by atoms with Gasteiger partial charge in [0.25, 0.3) is 11.6 Å². The van der Waals surface area contributed by atoms with E-state index in [2.05, 4.69) is 5.32 Å². The van der Waals surface area contributed by atoms with Crippen LogP contribution in [0.15, 0.2) is 72.8 Å². The molecule has 1 fully saturated rings. The number of nitro groups is 1. The first-order chi connectivity index (χ1) is 21.1. The number of ether oxygens (including phenoxy) is 1. The van der Waals surface area contributed by atoms with Crippen molar-refractivity contribution in [3.8, 4) is 0 Å². The summed E-state index contributed by atoms with van der Waals surface area (Å²) in [6, 6.07) is 20.9. The molecule has 3 aromatic carbocycles. The van der Waals surface area contributed by atoms with E-state index in [9.17, 15) is 29.3 Å². The Hall–Kier alpha value is -4.70. The topological polar surface area (TPSA) is 162 Å². The fourth-order valence-corrected chi connectivity index (χ4v) is 6.06. The van der Waals surface area contributed by atoms with Crippen LogP contribution in [0.4, 0.5) is 5.69 Å². The molecule has 1 aliphatic heterocycles. The molecular formula is C34H35N3O7. The maximum Gasteiger partial charge on any atom is 0.272 e. The molecule has 3 N–H and O–H groups in total. The predicted octanol–water partition coefficient (Wildman–Crippen LogP) is 3.38. The molecule has 0 bridgehead atoms. The number of hydrogen-bond donors (Lipinski definition) is 2. The van der Waals surface area contributed by atoms with E-state index in [1.54, 1.807) is 19.1 Å². The van der Waals surface area contributed by atoms with Crippen molar-refractivity contribution in [2.75, 3.05) is 0 Å². The Morgan fingerprint density at radius 2 is 1.61 bits per heavy atom. The van der Waals surface area contributed by atoms with Gasteiger partial charge >= 0.3 is 0 Å². The number of aryl methyl sites for hydroxylation is 2. The fourth-order valence-electron chi connectivity index (χ4n) is 6.06. The zero-order valence-electron chi connectivity index (χ0n) is 24.4. The van der Waals surface area contributed by atoms with Crippen LogP contribution < -0.4 is 11.1 Å². The standard InChI is InChI=1S/C34H35N3O7/c1-20-11-12-22(16-28(20)37(42)43)15-27(30(39)19-26(33(35)40)25-17-23-9-5-6-10-24(23)18-25)36-34(41)32-31(44-32)29(38)14-13-21-7-3-2-4-8-21/h2-12,16,25-27,31-32H,13-15,17-19H2,1H3,(H2,35,40)(H,36,41)/t26-,27-,31-,32?/m1/s1. The highest BCUT2D eigenvalue weighted by molar-refractivity contribution is 5.98. The van der Waals surface area contributed by atoms with Gasteiger partial charge in [-0.1, -0.05) is 66.7 Å². The number of carbonyl (C=O) groups is 4. The van der Waals surface area contributed by atoms with E-state index in [1.807, 2.05) is 54.6 Å². The van der Waals surface area contributed by atoms with Crippen molar-refractivity contribution in [3.63, 3.8) is 0 Å². The van der Waals surface area contributed by atoms with Gasteiger partial charge in [-0.25, -0.2) is 0 Å². The molecule has 1 aliphatic carbocycles. The van der Waals surface area contributed by atoms with Crippen molar-refractivity contribution in [1.82, 2.24) is 5.32 Å². The lowest BCUT2D eigenvalue weighted by molar-refractivity contribution is -0.385. The van der Waals surface area contributed by atoms with Gasteiger partial charge in [0.05, 0.1) is 11.0 Å². The Morgan fingerprint density at radius 1 is 0.955 bits per heavy atom. The van der Waals surface area contributed by atoms with Crippen LogP contribution in [0, 0.1) is 28.9 Å². The molecule has 0 saturated carbocycles. The SMILES string of the molecule is Cc1ccc(C[C@@H](NC(=O)C2O[C@@H]2C(=O)CCc2ccccc2)C(=O)C[C@@H](C(N)=O)C2Cc3ccccc3C2)cc1[N+](=O)[O-]. The van der Waals surface area contributed by atoms with Crippen LogP contribution in [0.5, 0.6) is 0 Å². The van der Waals surface area contributed by atoms with Crippen LogP contribution >= 0.6 is 0 Å².